The molecule has 142 valence electrons. The number of hydrogen-bond donors (Lipinski definition) is 2. The fraction of sp³-hybridized carbons (Fsp3) is 0.211. The summed E-state index contributed by atoms with van der Waals surface area (Å²) >= 11 is 0. The maximum atomic E-state index is 12.1. The molecule has 0 aliphatic rings. The van der Waals surface area contributed by atoms with Gasteiger partial charge in [0, 0.05) is 11.8 Å². The summed E-state index contributed by atoms with van der Waals surface area (Å²) in [6, 6.07) is 11.1. The molecule has 2 aromatic rings. The van der Waals surface area contributed by atoms with Gasteiger partial charge < -0.3 is 24.8 Å². The van der Waals surface area contributed by atoms with E-state index in [0.717, 1.165) is 0 Å². The van der Waals surface area contributed by atoms with Crippen LogP contribution in [0.1, 0.15) is 16.8 Å². The minimum atomic E-state index is -0.526. The Hall–Kier alpha value is -3.55. The van der Waals surface area contributed by atoms with Crippen molar-refractivity contribution in [3.05, 3.63) is 48.0 Å². The average Bonchev–Trinajstić information content (AvgIpc) is 2.67. The van der Waals surface area contributed by atoms with Crippen molar-refractivity contribution in [2.24, 2.45) is 0 Å². The van der Waals surface area contributed by atoms with Crippen LogP contribution in [0.2, 0.25) is 0 Å². The zero-order chi connectivity index (χ0) is 19.8. The summed E-state index contributed by atoms with van der Waals surface area (Å²) in [7, 11) is 4.25. The fourth-order valence-corrected chi connectivity index (χ4v) is 2.29. The Morgan fingerprint density at radius 2 is 1.63 bits per heavy atom. The van der Waals surface area contributed by atoms with E-state index in [1.54, 1.807) is 36.4 Å². The highest BCUT2D eigenvalue weighted by atomic mass is 16.5. The van der Waals surface area contributed by atoms with Crippen LogP contribution < -0.4 is 20.1 Å². The molecule has 0 aliphatic heterocycles. The molecule has 8 heteroatoms. The molecular formula is C19H20N2O6. The van der Waals surface area contributed by atoms with Gasteiger partial charge in [-0.05, 0) is 30.3 Å². The van der Waals surface area contributed by atoms with Crippen molar-refractivity contribution in [2.75, 3.05) is 32.0 Å². The number of carbonyl (C=O) groups excluding carboxylic acids is 3. The molecule has 0 aromatic heterocycles. The van der Waals surface area contributed by atoms with Crippen LogP contribution in [-0.2, 0) is 14.3 Å². The molecule has 0 atom stereocenters. The molecule has 0 saturated heterocycles. The van der Waals surface area contributed by atoms with Crippen LogP contribution in [0, 0.1) is 0 Å². The number of nitrogens with one attached hydrogen (secondary N) is 2. The number of hydrogen-bond acceptors (Lipinski definition) is 6. The van der Waals surface area contributed by atoms with Gasteiger partial charge in [-0.15, -0.1) is 0 Å². The Balaban J connectivity index is 1.98. The van der Waals surface area contributed by atoms with Gasteiger partial charge in [0.25, 0.3) is 0 Å². The van der Waals surface area contributed by atoms with E-state index in [4.69, 9.17) is 9.47 Å². The normalized spacial score (nSPS) is 9.89. The van der Waals surface area contributed by atoms with Crippen molar-refractivity contribution in [1.29, 1.82) is 0 Å². The molecule has 0 bridgehead atoms. The van der Waals surface area contributed by atoms with E-state index in [-0.39, 0.29) is 0 Å². The molecule has 0 unspecified atom stereocenters. The second kappa shape index (κ2) is 9.23. The first-order chi connectivity index (χ1) is 13.0. The number of rotatable bonds is 7. The van der Waals surface area contributed by atoms with Gasteiger partial charge in [0.05, 0.1) is 32.6 Å². The number of ether oxygens (including phenoxy) is 3. The third-order valence-electron chi connectivity index (χ3n) is 3.57. The molecule has 8 nitrogen and oxygen atoms in total. The van der Waals surface area contributed by atoms with E-state index < -0.39 is 24.2 Å². The molecule has 2 amide bonds. The van der Waals surface area contributed by atoms with E-state index in [0.29, 0.717) is 28.4 Å². The lowest BCUT2D eigenvalue weighted by Gasteiger charge is -2.12. The van der Waals surface area contributed by atoms with E-state index in [2.05, 4.69) is 15.4 Å². The number of carbonyl (C=O) groups is 3. The first kappa shape index (κ1) is 19.8. The summed E-state index contributed by atoms with van der Waals surface area (Å²) in [6.07, 6.45) is -0.405. The number of methoxy groups -OCH3 is 3. The van der Waals surface area contributed by atoms with Crippen LogP contribution in [0.4, 0.5) is 11.4 Å². The molecule has 0 aliphatic carbocycles. The van der Waals surface area contributed by atoms with E-state index >= 15 is 0 Å². The van der Waals surface area contributed by atoms with Gasteiger partial charge in [-0.2, -0.15) is 0 Å². The van der Waals surface area contributed by atoms with Gasteiger partial charge in [-0.3, -0.25) is 9.59 Å². The Bertz CT molecular complexity index is 850. The fourth-order valence-electron chi connectivity index (χ4n) is 2.29. The van der Waals surface area contributed by atoms with Crippen molar-refractivity contribution in [2.45, 2.75) is 6.42 Å². The zero-order valence-electron chi connectivity index (χ0n) is 15.2. The summed E-state index contributed by atoms with van der Waals surface area (Å²) in [5, 5.41) is 5.18. The van der Waals surface area contributed by atoms with Crippen LogP contribution in [0.15, 0.2) is 42.5 Å². The van der Waals surface area contributed by atoms with Crippen molar-refractivity contribution < 1.29 is 28.6 Å². The van der Waals surface area contributed by atoms with Crippen LogP contribution in [-0.4, -0.2) is 39.1 Å². The molecule has 0 spiro atoms. The lowest BCUT2D eigenvalue weighted by Crippen LogP contribution is -2.21. The van der Waals surface area contributed by atoms with Crippen molar-refractivity contribution in [3.63, 3.8) is 0 Å². The Morgan fingerprint density at radius 3 is 2.30 bits per heavy atom. The number of benzene rings is 2. The molecule has 0 radical (unpaired) electrons. The Labute approximate surface area is 156 Å². The highest BCUT2D eigenvalue weighted by Gasteiger charge is 2.14. The molecule has 2 N–H and O–H groups in total. The Morgan fingerprint density at radius 1 is 0.889 bits per heavy atom. The quantitative estimate of drug-likeness (QED) is 0.572. The van der Waals surface area contributed by atoms with Gasteiger partial charge in [0.15, 0.2) is 0 Å². The highest BCUT2D eigenvalue weighted by molar-refractivity contribution is 6.08. The third-order valence-corrected chi connectivity index (χ3v) is 3.57. The maximum Gasteiger partial charge on any atom is 0.337 e. The number of anilines is 2. The van der Waals surface area contributed by atoms with Crippen molar-refractivity contribution >= 4 is 29.2 Å². The first-order valence-corrected chi connectivity index (χ1v) is 7.97. The zero-order valence-corrected chi connectivity index (χ0v) is 15.2. The summed E-state index contributed by atoms with van der Waals surface area (Å²) in [4.78, 5) is 35.7. The van der Waals surface area contributed by atoms with Crippen LogP contribution in [0.3, 0.4) is 0 Å². The van der Waals surface area contributed by atoms with Gasteiger partial charge in [0.1, 0.15) is 17.9 Å². The number of esters is 1. The topological polar surface area (TPSA) is 103 Å². The van der Waals surface area contributed by atoms with Crippen molar-refractivity contribution in [1.82, 2.24) is 0 Å². The SMILES string of the molecule is COC(=O)c1cccc(NC(=O)CC(=O)Nc2ccc(OC)cc2OC)c1. The van der Waals surface area contributed by atoms with Gasteiger partial charge >= 0.3 is 5.97 Å². The standard InChI is InChI=1S/C19H20N2O6/c1-25-14-7-8-15(16(10-14)26-2)21-18(23)11-17(22)20-13-6-4-5-12(9-13)19(24)27-3/h4-10H,11H2,1-3H3,(H,20,22)(H,21,23). The van der Waals surface area contributed by atoms with E-state index in [1.807, 2.05) is 0 Å². The Kier molecular flexibility index (Phi) is 6.76. The number of amides is 2. The first-order valence-electron chi connectivity index (χ1n) is 7.97. The summed E-state index contributed by atoms with van der Waals surface area (Å²) in [5.74, 6) is -0.570. The largest absolute Gasteiger partial charge is 0.497 e. The van der Waals surface area contributed by atoms with Crippen LogP contribution in [0.25, 0.3) is 0 Å². The second-order valence-electron chi connectivity index (χ2n) is 5.41. The molecule has 2 rings (SSSR count). The molecule has 0 saturated carbocycles. The predicted molar refractivity (Wildman–Crippen MR) is 99.2 cm³/mol. The van der Waals surface area contributed by atoms with E-state index in [9.17, 15) is 14.4 Å². The molecule has 0 fully saturated rings. The lowest BCUT2D eigenvalue weighted by molar-refractivity contribution is -0.123. The van der Waals surface area contributed by atoms with Gasteiger partial charge in [0.2, 0.25) is 11.8 Å². The van der Waals surface area contributed by atoms with Crippen LogP contribution >= 0.6 is 0 Å². The third kappa shape index (κ3) is 5.46. The predicted octanol–water partition coefficient (Wildman–Crippen LogP) is 2.46. The summed E-state index contributed by atoms with van der Waals surface area (Å²) in [6.45, 7) is 0. The second-order valence-corrected chi connectivity index (χ2v) is 5.41. The average molecular weight is 372 g/mol. The molecule has 27 heavy (non-hydrogen) atoms. The van der Waals surface area contributed by atoms with Gasteiger partial charge in [-0.1, -0.05) is 6.07 Å². The molecular weight excluding hydrogens is 352 g/mol. The molecule has 0 heterocycles. The highest BCUT2D eigenvalue weighted by Crippen LogP contribution is 2.29. The summed E-state index contributed by atoms with van der Waals surface area (Å²) in [5.41, 5.74) is 1.10. The monoisotopic (exact) mass is 372 g/mol. The minimum Gasteiger partial charge on any atom is -0.497 e. The summed E-state index contributed by atoms with van der Waals surface area (Å²) < 4.78 is 14.9. The van der Waals surface area contributed by atoms with E-state index in [1.165, 1.54) is 27.4 Å². The smallest absolute Gasteiger partial charge is 0.337 e. The molecule has 2 aromatic carbocycles. The lowest BCUT2D eigenvalue weighted by atomic mass is 10.2. The van der Waals surface area contributed by atoms with Crippen molar-refractivity contribution in [3.8, 4) is 11.5 Å². The van der Waals surface area contributed by atoms with Crippen LogP contribution in [0.5, 0.6) is 11.5 Å². The minimum absolute atomic E-state index is 0.294. The maximum absolute atomic E-state index is 12.1. The van der Waals surface area contributed by atoms with Gasteiger partial charge in [-0.25, -0.2) is 4.79 Å².